The van der Waals surface area contributed by atoms with Crippen molar-refractivity contribution in [2.45, 2.75) is 26.3 Å². The summed E-state index contributed by atoms with van der Waals surface area (Å²) in [6, 6.07) is 0.246. The third-order valence-electron chi connectivity index (χ3n) is 2.03. The lowest BCUT2D eigenvalue weighted by Gasteiger charge is -2.16. The Labute approximate surface area is 76.3 Å². The summed E-state index contributed by atoms with van der Waals surface area (Å²) in [5, 5.41) is 3.31. The second kappa shape index (κ2) is 7.15. The molecule has 0 fully saturated rings. The van der Waals surface area contributed by atoms with E-state index in [0.29, 0.717) is 0 Å². The molecule has 0 amide bonds. The van der Waals surface area contributed by atoms with E-state index in [1.54, 1.807) is 0 Å². The quantitative estimate of drug-likeness (QED) is 0.594. The highest BCUT2D eigenvalue weighted by Crippen LogP contribution is 1.87. The first kappa shape index (κ1) is 11.5. The van der Waals surface area contributed by atoms with Crippen LogP contribution in [-0.2, 0) is 0 Å². The summed E-state index contributed by atoms with van der Waals surface area (Å²) in [5.41, 5.74) is 0. The van der Waals surface area contributed by atoms with E-state index < -0.39 is 0 Å². The summed E-state index contributed by atoms with van der Waals surface area (Å²) in [7, 11) is 2.11. The molecule has 1 unspecified atom stereocenters. The molecule has 0 saturated carbocycles. The van der Waals surface area contributed by atoms with Crippen molar-refractivity contribution >= 4 is 0 Å². The van der Waals surface area contributed by atoms with Crippen molar-refractivity contribution in [1.29, 1.82) is 0 Å². The topological polar surface area (TPSA) is 15.3 Å². The van der Waals surface area contributed by atoms with Gasteiger partial charge < -0.3 is 10.2 Å². The lowest BCUT2D eigenvalue weighted by molar-refractivity contribution is 0.345. The van der Waals surface area contributed by atoms with E-state index in [0.717, 1.165) is 26.1 Å². The molecule has 0 aromatic carbocycles. The fourth-order valence-electron chi connectivity index (χ4n) is 0.909. The average molecular weight is 168 g/mol. The number of rotatable bonds is 6. The molecule has 2 nitrogen and oxygen atoms in total. The first-order valence-corrected chi connectivity index (χ1v) is 4.62. The van der Waals surface area contributed by atoms with Gasteiger partial charge in [-0.1, -0.05) is 19.8 Å². The molecule has 0 spiro atoms. The third-order valence-corrected chi connectivity index (χ3v) is 2.03. The predicted molar refractivity (Wildman–Crippen MR) is 54.1 cm³/mol. The normalized spacial score (nSPS) is 12.9. The highest BCUT2D eigenvalue weighted by molar-refractivity contribution is 4.97. The molecule has 12 heavy (non-hydrogen) atoms. The molecular weight excluding hydrogens is 148 g/mol. The van der Waals surface area contributed by atoms with Crippen LogP contribution in [0, 0.1) is 12.3 Å². The van der Waals surface area contributed by atoms with Gasteiger partial charge in [0.25, 0.3) is 0 Å². The molecule has 70 valence electrons. The van der Waals surface area contributed by atoms with Gasteiger partial charge in [0, 0.05) is 13.1 Å². The molecule has 0 saturated heterocycles. The first-order chi connectivity index (χ1) is 5.74. The van der Waals surface area contributed by atoms with Crippen LogP contribution in [0.5, 0.6) is 0 Å². The van der Waals surface area contributed by atoms with Crippen molar-refractivity contribution in [2.24, 2.45) is 0 Å². The Hall–Kier alpha value is -0.520. The summed E-state index contributed by atoms with van der Waals surface area (Å²) >= 11 is 0. The number of hydrogen-bond donors (Lipinski definition) is 1. The Morgan fingerprint density at radius 2 is 2.17 bits per heavy atom. The van der Waals surface area contributed by atoms with Crippen molar-refractivity contribution in [1.82, 2.24) is 10.2 Å². The van der Waals surface area contributed by atoms with Gasteiger partial charge in [-0.05, 0) is 20.0 Å². The zero-order chi connectivity index (χ0) is 9.40. The minimum atomic E-state index is 0.246. The van der Waals surface area contributed by atoms with Gasteiger partial charge in [0.2, 0.25) is 0 Å². The summed E-state index contributed by atoms with van der Waals surface area (Å²) in [4.78, 5) is 2.26. The van der Waals surface area contributed by atoms with Crippen molar-refractivity contribution in [3.63, 3.8) is 0 Å². The molecule has 1 N–H and O–H groups in total. The van der Waals surface area contributed by atoms with E-state index >= 15 is 0 Å². The second-order valence-corrected chi connectivity index (χ2v) is 2.98. The van der Waals surface area contributed by atoms with E-state index in [9.17, 15) is 0 Å². The molecule has 0 aromatic heterocycles. The fraction of sp³-hybridized carbons (Fsp3) is 0.800. The van der Waals surface area contributed by atoms with Crippen LogP contribution in [0.4, 0.5) is 0 Å². The monoisotopic (exact) mass is 168 g/mol. The molecule has 0 aromatic rings. The van der Waals surface area contributed by atoms with Crippen molar-refractivity contribution in [2.75, 3.05) is 26.7 Å². The van der Waals surface area contributed by atoms with Crippen molar-refractivity contribution in [3.8, 4) is 12.3 Å². The third kappa shape index (κ3) is 5.17. The standard InChI is InChI=1S/C10H20N2/c1-5-10(6-2)11-8-9-12(4)7-3/h1,10-11H,6-9H2,2-4H3. The van der Waals surface area contributed by atoms with Crippen LogP contribution in [0.1, 0.15) is 20.3 Å². The average Bonchev–Trinajstić information content (AvgIpc) is 2.12. The summed E-state index contributed by atoms with van der Waals surface area (Å²) in [6.07, 6.45) is 6.31. The molecule has 0 bridgehead atoms. The number of terminal acetylenes is 1. The van der Waals surface area contributed by atoms with Crippen LogP contribution < -0.4 is 5.32 Å². The van der Waals surface area contributed by atoms with Crippen molar-refractivity contribution in [3.05, 3.63) is 0 Å². The smallest absolute Gasteiger partial charge is 0.0684 e. The Kier molecular flexibility index (Phi) is 6.84. The maximum absolute atomic E-state index is 5.31. The van der Waals surface area contributed by atoms with Crippen LogP contribution in [-0.4, -0.2) is 37.6 Å². The lowest BCUT2D eigenvalue weighted by atomic mass is 10.2. The molecule has 1 atom stereocenters. The number of nitrogens with one attached hydrogen (secondary N) is 1. The highest BCUT2D eigenvalue weighted by Gasteiger charge is 1.99. The fourth-order valence-corrected chi connectivity index (χ4v) is 0.909. The second-order valence-electron chi connectivity index (χ2n) is 2.98. The van der Waals surface area contributed by atoms with Gasteiger partial charge in [0.05, 0.1) is 6.04 Å². The number of hydrogen-bond acceptors (Lipinski definition) is 2. The Bertz CT molecular complexity index is 137. The van der Waals surface area contributed by atoms with Crippen molar-refractivity contribution < 1.29 is 0 Å². The number of likely N-dealkylation sites (N-methyl/N-ethyl adjacent to an activating group) is 1. The molecule has 0 aliphatic heterocycles. The Morgan fingerprint density at radius 3 is 2.58 bits per heavy atom. The summed E-state index contributed by atoms with van der Waals surface area (Å²) in [6.45, 7) is 7.38. The zero-order valence-electron chi connectivity index (χ0n) is 8.43. The molecule has 0 aliphatic carbocycles. The zero-order valence-corrected chi connectivity index (χ0v) is 8.43. The van der Waals surface area contributed by atoms with E-state index in [2.05, 4.69) is 37.0 Å². The maximum atomic E-state index is 5.31. The minimum absolute atomic E-state index is 0.246. The van der Waals surface area contributed by atoms with Crippen LogP contribution in [0.3, 0.4) is 0 Å². The summed E-state index contributed by atoms with van der Waals surface area (Å²) in [5.74, 6) is 2.71. The first-order valence-electron chi connectivity index (χ1n) is 4.62. The Balaban J connectivity index is 3.36. The van der Waals surface area contributed by atoms with Crippen LogP contribution in [0.15, 0.2) is 0 Å². The van der Waals surface area contributed by atoms with E-state index in [-0.39, 0.29) is 6.04 Å². The van der Waals surface area contributed by atoms with Crippen LogP contribution >= 0.6 is 0 Å². The Morgan fingerprint density at radius 1 is 1.50 bits per heavy atom. The molecule has 0 rings (SSSR count). The van der Waals surface area contributed by atoms with Gasteiger partial charge in [0.1, 0.15) is 0 Å². The molecule has 2 heteroatoms. The molecule has 0 aliphatic rings. The lowest BCUT2D eigenvalue weighted by Crippen LogP contribution is -2.34. The largest absolute Gasteiger partial charge is 0.305 e. The minimum Gasteiger partial charge on any atom is -0.305 e. The number of nitrogens with zero attached hydrogens (tertiary/aromatic N) is 1. The van der Waals surface area contributed by atoms with E-state index in [4.69, 9.17) is 6.42 Å². The van der Waals surface area contributed by atoms with Crippen LogP contribution in [0.2, 0.25) is 0 Å². The maximum Gasteiger partial charge on any atom is 0.0684 e. The SMILES string of the molecule is C#CC(CC)NCCN(C)CC. The van der Waals surface area contributed by atoms with Gasteiger partial charge in [-0.3, -0.25) is 0 Å². The molecular formula is C10H20N2. The van der Waals surface area contributed by atoms with Gasteiger partial charge in [-0.2, -0.15) is 0 Å². The van der Waals surface area contributed by atoms with E-state index in [1.165, 1.54) is 0 Å². The molecule has 0 radical (unpaired) electrons. The van der Waals surface area contributed by atoms with E-state index in [1.807, 2.05) is 0 Å². The predicted octanol–water partition coefficient (Wildman–Crippen LogP) is 0.940. The molecule has 0 heterocycles. The van der Waals surface area contributed by atoms with Gasteiger partial charge in [0.15, 0.2) is 0 Å². The van der Waals surface area contributed by atoms with Gasteiger partial charge in [-0.25, -0.2) is 0 Å². The van der Waals surface area contributed by atoms with Crippen LogP contribution in [0.25, 0.3) is 0 Å². The van der Waals surface area contributed by atoms with Gasteiger partial charge >= 0.3 is 0 Å². The highest BCUT2D eigenvalue weighted by atomic mass is 15.1. The van der Waals surface area contributed by atoms with Gasteiger partial charge in [-0.15, -0.1) is 6.42 Å². The summed E-state index contributed by atoms with van der Waals surface area (Å²) < 4.78 is 0.